The summed E-state index contributed by atoms with van der Waals surface area (Å²) in [6, 6.07) is 1.91. The number of ether oxygens (including phenoxy) is 2. The van der Waals surface area contributed by atoms with E-state index in [-0.39, 0.29) is 28.9 Å². The minimum Gasteiger partial charge on any atom is -0.486 e. The lowest BCUT2D eigenvalue weighted by Crippen LogP contribution is -2.24. The first-order valence-electron chi connectivity index (χ1n) is 6.08. The Morgan fingerprint density at radius 2 is 2.05 bits per heavy atom. The summed E-state index contributed by atoms with van der Waals surface area (Å²) >= 11 is 2.86. The minimum atomic E-state index is -0.687. The molecule has 0 heterocycles. The molecular formula is C13H15BrFNO5. The van der Waals surface area contributed by atoms with Gasteiger partial charge in [0.2, 0.25) is 0 Å². The number of carbonyl (C=O) groups excluding carboxylic acids is 1. The summed E-state index contributed by atoms with van der Waals surface area (Å²) in [5.41, 5.74) is -1.00. The SMILES string of the molecule is CC(C)(C)OC(=O)CCOc1cc(F)c(Br)cc1[N+](=O)[O-]. The molecule has 0 N–H and O–H groups in total. The van der Waals surface area contributed by atoms with E-state index in [4.69, 9.17) is 9.47 Å². The van der Waals surface area contributed by atoms with E-state index in [2.05, 4.69) is 15.9 Å². The van der Waals surface area contributed by atoms with Crippen molar-refractivity contribution in [1.82, 2.24) is 0 Å². The smallest absolute Gasteiger partial charge is 0.312 e. The Labute approximate surface area is 129 Å². The average molecular weight is 364 g/mol. The normalized spacial score (nSPS) is 11.1. The summed E-state index contributed by atoms with van der Waals surface area (Å²) in [7, 11) is 0. The van der Waals surface area contributed by atoms with Gasteiger partial charge in [-0.25, -0.2) is 4.39 Å². The van der Waals surface area contributed by atoms with Crippen LogP contribution in [0.1, 0.15) is 27.2 Å². The number of hydrogen-bond donors (Lipinski definition) is 0. The predicted molar refractivity (Wildman–Crippen MR) is 76.7 cm³/mol. The van der Waals surface area contributed by atoms with E-state index < -0.39 is 22.3 Å². The van der Waals surface area contributed by atoms with Crippen molar-refractivity contribution in [3.63, 3.8) is 0 Å². The molecule has 0 aliphatic carbocycles. The number of nitro benzene ring substituents is 1. The van der Waals surface area contributed by atoms with Gasteiger partial charge in [-0.15, -0.1) is 0 Å². The van der Waals surface area contributed by atoms with E-state index in [9.17, 15) is 19.3 Å². The van der Waals surface area contributed by atoms with E-state index in [0.717, 1.165) is 12.1 Å². The summed E-state index contributed by atoms with van der Waals surface area (Å²) in [5.74, 6) is -1.42. The first-order chi connectivity index (χ1) is 9.60. The van der Waals surface area contributed by atoms with Crippen molar-refractivity contribution in [2.45, 2.75) is 32.8 Å². The van der Waals surface area contributed by atoms with Crippen molar-refractivity contribution >= 4 is 27.6 Å². The summed E-state index contributed by atoms with van der Waals surface area (Å²) in [5, 5.41) is 10.9. The molecular weight excluding hydrogens is 349 g/mol. The van der Waals surface area contributed by atoms with Crippen molar-refractivity contribution in [1.29, 1.82) is 0 Å². The van der Waals surface area contributed by atoms with Crippen LogP contribution in [0.3, 0.4) is 0 Å². The van der Waals surface area contributed by atoms with Crippen molar-refractivity contribution in [2.75, 3.05) is 6.61 Å². The molecule has 6 nitrogen and oxygen atoms in total. The van der Waals surface area contributed by atoms with Crippen LogP contribution in [0.5, 0.6) is 5.75 Å². The zero-order valence-corrected chi connectivity index (χ0v) is 13.4. The second-order valence-corrected chi connectivity index (χ2v) is 6.03. The third-order valence-electron chi connectivity index (χ3n) is 2.18. The fourth-order valence-electron chi connectivity index (χ4n) is 1.41. The van der Waals surface area contributed by atoms with E-state index in [1.807, 2.05) is 0 Å². The summed E-state index contributed by atoms with van der Waals surface area (Å²) in [6.45, 7) is 5.03. The van der Waals surface area contributed by atoms with Gasteiger partial charge < -0.3 is 9.47 Å². The van der Waals surface area contributed by atoms with Crippen molar-refractivity contribution in [3.05, 3.63) is 32.5 Å². The third kappa shape index (κ3) is 5.66. The molecule has 0 radical (unpaired) electrons. The molecule has 21 heavy (non-hydrogen) atoms. The quantitative estimate of drug-likeness (QED) is 0.453. The van der Waals surface area contributed by atoms with E-state index in [1.165, 1.54) is 0 Å². The van der Waals surface area contributed by atoms with E-state index in [0.29, 0.717) is 0 Å². The maximum Gasteiger partial charge on any atom is 0.312 e. The Morgan fingerprint density at radius 1 is 1.43 bits per heavy atom. The topological polar surface area (TPSA) is 78.7 Å². The molecule has 1 aromatic rings. The van der Waals surface area contributed by atoms with Gasteiger partial charge in [0.05, 0.1) is 22.4 Å². The zero-order valence-electron chi connectivity index (χ0n) is 11.8. The lowest BCUT2D eigenvalue weighted by atomic mass is 10.2. The monoisotopic (exact) mass is 363 g/mol. The summed E-state index contributed by atoms with van der Waals surface area (Å²) in [4.78, 5) is 21.6. The molecule has 0 fully saturated rings. The van der Waals surface area contributed by atoms with Crippen LogP contribution in [-0.2, 0) is 9.53 Å². The Kier molecular flexibility index (Phi) is 5.65. The maximum atomic E-state index is 13.4. The summed E-state index contributed by atoms with van der Waals surface area (Å²) in [6.07, 6.45) is -0.0912. The molecule has 0 aliphatic heterocycles. The number of hydrogen-bond acceptors (Lipinski definition) is 5. The number of benzene rings is 1. The Balaban J connectivity index is 2.69. The second kappa shape index (κ2) is 6.84. The van der Waals surface area contributed by atoms with Gasteiger partial charge in [-0.05, 0) is 36.7 Å². The van der Waals surface area contributed by atoms with Crippen molar-refractivity contribution in [3.8, 4) is 5.75 Å². The highest BCUT2D eigenvalue weighted by molar-refractivity contribution is 9.10. The van der Waals surface area contributed by atoms with Gasteiger partial charge in [0, 0.05) is 12.1 Å². The highest BCUT2D eigenvalue weighted by Crippen LogP contribution is 2.32. The van der Waals surface area contributed by atoms with Gasteiger partial charge >= 0.3 is 11.7 Å². The fourth-order valence-corrected chi connectivity index (χ4v) is 1.74. The first-order valence-corrected chi connectivity index (χ1v) is 6.87. The van der Waals surface area contributed by atoms with E-state index in [1.54, 1.807) is 20.8 Å². The average Bonchev–Trinajstić information content (AvgIpc) is 2.30. The molecule has 8 heteroatoms. The lowest BCUT2D eigenvalue weighted by Gasteiger charge is -2.19. The molecule has 1 rings (SSSR count). The minimum absolute atomic E-state index is 0.0336. The fraction of sp³-hybridized carbons (Fsp3) is 0.462. The molecule has 0 spiro atoms. The Bertz CT molecular complexity index is 556. The first kappa shape index (κ1) is 17.4. The molecule has 0 amide bonds. The molecule has 0 saturated heterocycles. The molecule has 0 saturated carbocycles. The largest absolute Gasteiger partial charge is 0.486 e. The zero-order chi connectivity index (χ0) is 16.2. The van der Waals surface area contributed by atoms with Gasteiger partial charge in [-0.2, -0.15) is 0 Å². The van der Waals surface area contributed by atoms with Gasteiger partial charge in [-0.3, -0.25) is 14.9 Å². The maximum absolute atomic E-state index is 13.4. The predicted octanol–water partition coefficient (Wildman–Crippen LogP) is 3.61. The van der Waals surface area contributed by atoms with Crippen LogP contribution in [0.25, 0.3) is 0 Å². The van der Waals surface area contributed by atoms with Crippen LogP contribution in [-0.4, -0.2) is 23.1 Å². The van der Waals surface area contributed by atoms with Crippen LogP contribution in [0.15, 0.2) is 16.6 Å². The second-order valence-electron chi connectivity index (χ2n) is 5.18. The Morgan fingerprint density at radius 3 is 2.57 bits per heavy atom. The number of rotatable bonds is 5. The molecule has 0 aliphatic rings. The molecule has 0 aromatic heterocycles. The number of esters is 1. The number of nitrogens with zero attached hydrogens (tertiary/aromatic N) is 1. The molecule has 1 aromatic carbocycles. The number of halogens is 2. The van der Waals surface area contributed by atoms with Gasteiger partial charge in [0.25, 0.3) is 0 Å². The molecule has 116 valence electrons. The van der Waals surface area contributed by atoms with Crippen molar-refractivity contribution in [2.24, 2.45) is 0 Å². The summed E-state index contributed by atoms with van der Waals surface area (Å²) < 4.78 is 23.5. The Hall–Kier alpha value is -1.70. The standard InChI is InChI=1S/C13H15BrFNO5/c1-13(2,3)21-12(17)4-5-20-11-7-9(15)8(14)6-10(11)16(18)19/h6-7H,4-5H2,1-3H3. The van der Waals surface area contributed by atoms with Gasteiger partial charge in [0.15, 0.2) is 5.75 Å². The van der Waals surface area contributed by atoms with Gasteiger partial charge in [-0.1, -0.05) is 0 Å². The van der Waals surface area contributed by atoms with Crippen LogP contribution in [0, 0.1) is 15.9 Å². The van der Waals surface area contributed by atoms with Crippen molar-refractivity contribution < 1.29 is 23.6 Å². The third-order valence-corrected chi connectivity index (χ3v) is 2.79. The van der Waals surface area contributed by atoms with E-state index >= 15 is 0 Å². The van der Waals surface area contributed by atoms with Crippen LogP contribution in [0.2, 0.25) is 0 Å². The lowest BCUT2D eigenvalue weighted by molar-refractivity contribution is -0.386. The van der Waals surface area contributed by atoms with Gasteiger partial charge in [0.1, 0.15) is 11.4 Å². The number of nitro groups is 1. The molecule has 0 unspecified atom stereocenters. The van der Waals surface area contributed by atoms with Crippen LogP contribution in [0.4, 0.5) is 10.1 Å². The highest BCUT2D eigenvalue weighted by atomic mass is 79.9. The van der Waals surface area contributed by atoms with Crippen LogP contribution < -0.4 is 4.74 Å². The van der Waals surface area contributed by atoms with Crippen LogP contribution >= 0.6 is 15.9 Å². The molecule has 0 atom stereocenters. The molecule has 0 bridgehead atoms. The highest BCUT2D eigenvalue weighted by Gasteiger charge is 2.20. The number of carbonyl (C=O) groups is 1.